The Morgan fingerprint density at radius 2 is 1.96 bits per heavy atom. The number of H-pyrrole nitrogens is 1. The van der Waals surface area contributed by atoms with E-state index in [0.29, 0.717) is 5.75 Å². The average Bonchev–Trinajstić information content (AvgIpc) is 2.80. The van der Waals surface area contributed by atoms with Crippen LogP contribution in [0.4, 0.5) is 0 Å². The zero-order chi connectivity index (χ0) is 17.0. The quantitative estimate of drug-likeness (QED) is 0.828. The van der Waals surface area contributed by atoms with Crippen LogP contribution in [0.15, 0.2) is 18.2 Å². The van der Waals surface area contributed by atoms with Crippen molar-refractivity contribution < 1.29 is 23.8 Å². The molecular formula is C17H21NO5. The maximum Gasteiger partial charge on any atom is 0.344 e. The molecule has 0 unspecified atom stereocenters. The number of methoxy groups -OCH3 is 1. The number of aryl methyl sites for hydroxylation is 1. The Kier molecular flexibility index (Phi) is 5.26. The number of aromatic amines is 1. The van der Waals surface area contributed by atoms with Crippen molar-refractivity contribution in [3.8, 4) is 5.75 Å². The van der Waals surface area contributed by atoms with Crippen LogP contribution in [0.5, 0.6) is 5.75 Å². The molecule has 0 aliphatic heterocycles. The third-order valence-corrected chi connectivity index (χ3v) is 3.37. The van der Waals surface area contributed by atoms with Crippen LogP contribution < -0.4 is 4.74 Å². The fraction of sp³-hybridized carbons (Fsp3) is 0.412. The fourth-order valence-electron chi connectivity index (χ4n) is 2.35. The minimum atomic E-state index is -0.550. The number of carbonyl (C=O) groups excluding carboxylic acids is 2. The summed E-state index contributed by atoms with van der Waals surface area (Å²) in [5.41, 5.74) is 2.64. The van der Waals surface area contributed by atoms with Crippen LogP contribution in [0.1, 0.15) is 25.1 Å². The van der Waals surface area contributed by atoms with E-state index in [0.717, 1.165) is 22.2 Å². The van der Waals surface area contributed by atoms with Crippen LogP contribution in [0.25, 0.3) is 10.9 Å². The van der Waals surface area contributed by atoms with E-state index in [1.165, 1.54) is 0 Å². The van der Waals surface area contributed by atoms with Crippen molar-refractivity contribution in [1.82, 2.24) is 4.98 Å². The van der Waals surface area contributed by atoms with Crippen molar-refractivity contribution in [2.45, 2.75) is 33.3 Å². The number of fused-ring (bicyclic) bond motifs is 1. The van der Waals surface area contributed by atoms with Crippen LogP contribution in [-0.4, -0.2) is 36.7 Å². The number of aromatic nitrogens is 1. The van der Waals surface area contributed by atoms with Crippen molar-refractivity contribution in [3.63, 3.8) is 0 Å². The van der Waals surface area contributed by atoms with E-state index in [-0.39, 0.29) is 19.1 Å². The van der Waals surface area contributed by atoms with Crippen molar-refractivity contribution in [3.05, 3.63) is 29.5 Å². The van der Waals surface area contributed by atoms with Crippen LogP contribution in [-0.2, 0) is 25.5 Å². The maximum atomic E-state index is 12.0. The summed E-state index contributed by atoms with van der Waals surface area (Å²) in [6.07, 6.45) is -0.155. The van der Waals surface area contributed by atoms with Gasteiger partial charge in [-0.05, 0) is 44.5 Å². The smallest absolute Gasteiger partial charge is 0.344 e. The summed E-state index contributed by atoms with van der Waals surface area (Å²) in [5.74, 6) is -0.310. The first-order chi connectivity index (χ1) is 10.9. The molecule has 124 valence electrons. The molecule has 0 fully saturated rings. The maximum absolute atomic E-state index is 12.0. The Hall–Kier alpha value is -2.50. The van der Waals surface area contributed by atoms with Gasteiger partial charge in [0.05, 0.1) is 19.6 Å². The molecule has 23 heavy (non-hydrogen) atoms. The highest BCUT2D eigenvalue weighted by atomic mass is 16.6. The molecule has 1 heterocycles. The summed E-state index contributed by atoms with van der Waals surface area (Å²) in [7, 11) is 1.59. The molecule has 0 amide bonds. The number of carbonyl (C=O) groups is 2. The van der Waals surface area contributed by atoms with Gasteiger partial charge in [0.15, 0.2) is 6.61 Å². The van der Waals surface area contributed by atoms with Gasteiger partial charge in [-0.2, -0.15) is 0 Å². The molecule has 2 rings (SSSR count). The molecule has 1 aromatic heterocycles. The Morgan fingerprint density at radius 1 is 1.22 bits per heavy atom. The lowest BCUT2D eigenvalue weighted by molar-refractivity contribution is -0.160. The molecule has 0 saturated heterocycles. The summed E-state index contributed by atoms with van der Waals surface area (Å²) < 4.78 is 15.1. The molecule has 0 saturated carbocycles. The van der Waals surface area contributed by atoms with Gasteiger partial charge in [-0.25, -0.2) is 4.79 Å². The summed E-state index contributed by atoms with van der Waals surface area (Å²) >= 11 is 0. The molecular weight excluding hydrogens is 298 g/mol. The van der Waals surface area contributed by atoms with Gasteiger partial charge in [0.2, 0.25) is 0 Å². The van der Waals surface area contributed by atoms with Gasteiger partial charge in [0, 0.05) is 16.6 Å². The number of nitrogens with one attached hydrogen (secondary N) is 1. The van der Waals surface area contributed by atoms with Crippen molar-refractivity contribution in [2.24, 2.45) is 0 Å². The van der Waals surface area contributed by atoms with Gasteiger partial charge in [-0.3, -0.25) is 4.79 Å². The van der Waals surface area contributed by atoms with E-state index in [2.05, 4.69) is 4.98 Å². The van der Waals surface area contributed by atoms with Crippen molar-refractivity contribution in [2.75, 3.05) is 13.7 Å². The zero-order valence-electron chi connectivity index (χ0n) is 13.8. The first kappa shape index (κ1) is 16.9. The molecule has 0 aliphatic rings. The van der Waals surface area contributed by atoms with Crippen LogP contribution in [0.3, 0.4) is 0 Å². The fourth-order valence-corrected chi connectivity index (χ4v) is 2.35. The minimum absolute atomic E-state index is 0.0773. The SMILES string of the molecule is COc1ccc2[nH]c(C)c(CC(=O)OCC(=O)OC(C)C)c2c1. The second kappa shape index (κ2) is 7.17. The number of rotatable bonds is 6. The molecule has 1 N–H and O–H groups in total. The summed E-state index contributed by atoms with van der Waals surface area (Å²) in [5, 5.41) is 0.906. The van der Waals surface area contributed by atoms with Gasteiger partial charge >= 0.3 is 11.9 Å². The average molecular weight is 319 g/mol. The molecule has 6 heteroatoms. The van der Waals surface area contributed by atoms with Gasteiger partial charge in [-0.15, -0.1) is 0 Å². The molecule has 0 aliphatic carbocycles. The summed E-state index contributed by atoms with van der Waals surface area (Å²) in [6, 6.07) is 5.62. The van der Waals surface area contributed by atoms with Crippen LogP contribution >= 0.6 is 0 Å². The number of hydrogen-bond acceptors (Lipinski definition) is 5. The van der Waals surface area contributed by atoms with Gasteiger partial charge in [0.25, 0.3) is 0 Å². The van der Waals surface area contributed by atoms with Crippen LogP contribution in [0, 0.1) is 6.92 Å². The van der Waals surface area contributed by atoms with E-state index in [1.54, 1.807) is 21.0 Å². The predicted octanol–water partition coefficient (Wildman–Crippen LogP) is 2.52. The predicted molar refractivity (Wildman–Crippen MR) is 85.5 cm³/mol. The second-order valence-corrected chi connectivity index (χ2v) is 5.52. The van der Waals surface area contributed by atoms with Crippen molar-refractivity contribution >= 4 is 22.8 Å². The van der Waals surface area contributed by atoms with E-state index in [4.69, 9.17) is 14.2 Å². The highest BCUT2D eigenvalue weighted by Gasteiger charge is 2.16. The van der Waals surface area contributed by atoms with Gasteiger partial charge in [-0.1, -0.05) is 0 Å². The first-order valence-corrected chi connectivity index (χ1v) is 7.41. The highest BCUT2D eigenvalue weighted by Crippen LogP contribution is 2.26. The monoisotopic (exact) mass is 319 g/mol. The Morgan fingerprint density at radius 3 is 2.61 bits per heavy atom. The van der Waals surface area contributed by atoms with Gasteiger partial charge in [0.1, 0.15) is 5.75 Å². The number of esters is 2. The first-order valence-electron chi connectivity index (χ1n) is 7.41. The number of hydrogen-bond donors (Lipinski definition) is 1. The lowest BCUT2D eigenvalue weighted by Gasteiger charge is -2.08. The molecule has 6 nitrogen and oxygen atoms in total. The van der Waals surface area contributed by atoms with E-state index in [1.807, 2.05) is 25.1 Å². The standard InChI is InChI=1S/C17H21NO5/c1-10(2)23-17(20)9-22-16(19)8-13-11(3)18-15-6-5-12(21-4)7-14(13)15/h5-7,10,18H,8-9H2,1-4H3. The molecule has 0 atom stereocenters. The van der Waals surface area contributed by atoms with E-state index < -0.39 is 11.9 Å². The third kappa shape index (κ3) is 4.25. The highest BCUT2D eigenvalue weighted by molar-refractivity contribution is 5.90. The third-order valence-electron chi connectivity index (χ3n) is 3.37. The van der Waals surface area contributed by atoms with E-state index >= 15 is 0 Å². The zero-order valence-corrected chi connectivity index (χ0v) is 13.8. The molecule has 0 bridgehead atoms. The molecule has 0 radical (unpaired) electrons. The summed E-state index contributed by atoms with van der Waals surface area (Å²) in [6.45, 7) is 4.99. The number of ether oxygens (including phenoxy) is 3. The van der Waals surface area contributed by atoms with E-state index in [9.17, 15) is 9.59 Å². The lowest BCUT2D eigenvalue weighted by Crippen LogP contribution is -2.20. The summed E-state index contributed by atoms with van der Waals surface area (Å²) in [4.78, 5) is 26.6. The number of benzene rings is 1. The Bertz CT molecular complexity index is 717. The Labute approximate surface area is 134 Å². The molecule has 1 aromatic carbocycles. The van der Waals surface area contributed by atoms with Gasteiger partial charge < -0.3 is 19.2 Å². The normalized spacial score (nSPS) is 10.8. The molecule has 2 aromatic rings. The van der Waals surface area contributed by atoms with Crippen LogP contribution in [0.2, 0.25) is 0 Å². The van der Waals surface area contributed by atoms with Crippen molar-refractivity contribution in [1.29, 1.82) is 0 Å². The Balaban J connectivity index is 2.07. The molecule has 0 spiro atoms. The minimum Gasteiger partial charge on any atom is -0.497 e. The largest absolute Gasteiger partial charge is 0.497 e. The topological polar surface area (TPSA) is 77.6 Å². The lowest BCUT2D eigenvalue weighted by atomic mass is 10.1. The second-order valence-electron chi connectivity index (χ2n) is 5.52.